The van der Waals surface area contributed by atoms with Crippen LogP contribution in [0, 0.1) is 0 Å². The molecule has 1 aliphatic rings. The molecule has 0 bridgehead atoms. The van der Waals surface area contributed by atoms with Crippen LogP contribution >= 0.6 is 0 Å². The number of carbonyl (C=O) groups is 1. The van der Waals surface area contributed by atoms with E-state index in [0.29, 0.717) is 42.5 Å². The Hall–Kier alpha value is -2.94. The number of anilines is 1. The molecule has 1 N–H and O–H groups in total. The van der Waals surface area contributed by atoms with Crippen molar-refractivity contribution in [2.45, 2.75) is 25.6 Å². The van der Waals surface area contributed by atoms with Gasteiger partial charge in [-0.3, -0.25) is 9.10 Å². The Morgan fingerprint density at radius 1 is 1.20 bits per heavy atom. The fourth-order valence-corrected chi connectivity index (χ4v) is 3.41. The molecule has 0 unspecified atom stereocenters. The average Bonchev–Trinajstić information content (AvgIpc) is 2.75. The second kappa shape index (κ2) is 9.25. The van der Waals surface area contributed by atoms with Gasteiger partial charge >= 0.3 is 0 Å². The zero-order chi connectivity index (χ0) is 21.7. The van der Waals surface area contributed by atoms with Crippen LogP contribution in [-0.4, -0.2) is 53.0 Å². The van der Waals surface area contributed by atoms with E-state index in [9.17, 15) is 13.2 Å². The van der Waals surface area contributed by atoms with Crippen molar-refractivity contribution in [1.29, 1.82) is 0 Å². The van der Waals surface area contributed by atoms with Crippen molar-refractivity contribution in [3.63, 3.8) is 0 Å². The van der Waals surface area contributed by atoms with Gasteiger partial charge in [0.1, 0.15) is 18.5 Å². The van der Waals surface area contributed by atoms with Gasteiger partial charge in [-0.15, -0.1) is 0 Å². The lowest BCUT2D eigenvalue weighted by atomic mass is 10.2. The topological polar surface area (TPSA) is 94.2 Å². The number of rotatable bonds is 8. The molecule has 162 valence electrons. The normalized spacial score (nSPS) is 16.4. The summed E-state index contributed by atoms with van der Waals surface area (Å²) in [6, 6.07) is 13.9. The van der Waals surface area contributed by atoms with E-state index < -0.39 is 16.1 Å². The Labute approximate surface area is 176 Å². The van der Waals surface area contributed by atoms with Crippen molar-refractivity contribution >= 4 is 21.6 Å². The molecule has 1 amide bonds. The van der Waals surface area contributed by atoms with Crippen molar-refractivity contribution in [2.24, 2.45) is 0 Å². The van der Waals surface area contributed by atoms with Gasteiger partial charge in [-0.25, -0.2) is 8.42 Å². The zero-order valence-electron chi connectivity index (χ0n) is 17.2. The van der Waals surface area contributed by atoms with Gasteiger partial charge in [0.25, 0.3) is 5.91 Å². The number of sulfonamides is 1. The smallest absolute Gasteiger partial charge is 0.261 e. The van der Waals surface area contributed by atoms with E-state index in [0.717, 1.165) is 6.26 Å². The largest absolute Gasteiger partial charge is 0.486 e. The number of fused-ring (bicyclic) bond motifs is 1. The minimum Gasteiger partial charge on any atom is -0.486 e. The molecule has 0 aliphatic carbocycles. The first-order valence-corrected chi connectivity index (χ1v) is 11.5. The summed E-state index contributed by atoms with van der Waals surface area (Å²) in [6.45, 7) is 2.50. The standard InChI is InChI=1S/C21H26N2O6S/c1-4-18(28-16-11-9-15(10-12-16)23(2)30(3,25)26)21(24)22-13-17-14-27-19-7-5-6-8-20(19)29-17/h5-12,17-18H,4,13-14H2,1-3H3,(H,22,24)/t17-,18+/m0/s1. The quantitative estimate of drug-likeness (QED) is 0.685. The number of benzene rings is 2. The fourth-order valence-electron chi connectivity index (χ4n) is 2.90. The summed E-state index contributed by atoms with van der Waals surface area (Å²) in [4.78, 5) is 12.6. The number of para-hydroxylation sites is 2. The fraction of sp³-hybridized carbons (Fsp3) is 0.381. The first-order chi connectivity index (χ1) is 14.3. The van der Waals surface area contributed by atoms with E-state index >= 15 is 0 Å². The summed E-state index contributed by atoms with van der Waals surface area (Å²) in [6.07, 6.45) is 0.642. The monoisotopic (exact) mass is 434 g/mol. The Bertz CT molecular complexity index is 977. The van der Waals surface area contributed by atoms with E-state index in [-0.39, 0.29) is 12.0 Å². The molecule has 0 spiro atoms. The lowest BCUT2D eigenvalue weighted by Crippen LogP contribution is -2.45. The highest BCUT2D eigenvalue weighted by Gasteiger charge is 2.24. The molecule has 2 aromatic carbocycles. The van der Waals surface area contributed by atoms with E-state index in [4.69, 9.17) is 14.2 Å². The number of hydrogen-bond acceptors (Lipinski definition) is 6. The number of amides is 1. The van der Waals surface area contributed by atoms with Crippen molar-refractivity contribution in [3.8, 4) is 17.2 Å². The van der Waals surface area contributed by atoms with Crippen LogP contribution < -0.4 is 23.8 Å². The number of hydrogen-bond donors (Lipinski definition) is 1. The van der Waals surface area contributed by atoms with Gasteiger partial charge in [-0.05, 0) is 42.8 Å². The van der Waals surface area contributed by atoms with Crippen molar-refractivity contribution in [2.75, 3.05) is 30.8 Å². The molecule has 0 radical (unpaired) electrons. The molecular weight excluding hydrogens is 408 g/mol. The van der Waals surface area contributed by atoms with Crippen LogP contribution in [0.2, 0.25) is 0 Å². The Morgan fingerprint density at radius 3 is 2.50 bits per heavy atom. The Balaban J connectivity index is 1.54. The van der Waals surface area contributed by atoms with Gasteiger partial charge in [0, 0.05) is 7.05 Å². The van der Waals surface area contributed by atoms with Crippen LogP contribution in [0.25, 0.3) is 0 Å². The predicted octanol–water partition coefficient (Wildman–Crippen LogP) is 2.20. The zero-order valence-corrected chi connectivity index (χ0v) is 18.0. The average molecular weight is 435 g/mol. The molecule has 1 heterocycles. The summed E-state index contributed by atoms with van der Waals surface area (Å²) in [5.41, 5.74) is 0.511. The third kappa shape index (κ3) is 5.35. The number of ether oxygens (including phenoxy) is 3. The molecule has 2 aromatic rings. The molecule has 0 saturated carbocycles. The van der Waals surface area contributed by atoms with Crippen molar-refractivity contribution in [3.05, 3.63) is 48.5 Å². The van der Waals surface area contributed by atoms with Crippen LogP contribution in [0.3, 0.4) is 0 Å². The molecule has 0 fully saturated rings. The van der Waals surface area contributed by atoms with Crippen LogP contribution in [0.1, 0.15) is 13.3 Å². The molecule has 9 heteroatoms. The highest BCUT2D eigenvalue weighted by Crippen LogP contribution is 2.30. The third-order valence-corrected chi connectivity index (χ3v) is 5.92. The lowest BCUT2D eigenvalue weighted by molar-refractivity contribution is -0.128. The summed E-state index contributed by atoms with van der Waals surface area (Å²) in [5.74, 6) is 1.58. The van der Waals surface area contributed by atoms with Gasteiger partial charge in [-0.2, -0.15) is 0 Å². The highest BCUT2D eigenvalue weighted by atomic mass is 32.2. The first-order valence-electron chi connectivity index (χ1n) is 9.64. The summed E-state index contributed by atoms with van der Waals surface area (Å²) < 4.78 is 41.7. The van der Waals surface area contributed by atoms with E-state index in [1.807, 2.05) is 31.2 Å². The SMILES string of the molecule is CC[C@@H](Oc1ccc(N(C)S(C)(=O)=O)cc1)C(=O)NC[C@H]1COc2ccccc2O1. The molecular formula is C21H26N2O6S. The molecule has 0 saturated heterocycles. The second-order valence-electron chi connectivity index (χ2n) is 6.98. The highest BCUT2D eigenvalue weighted by molar-refractivity contribution is 7.92. The van der Waals surface area contributed by atoms with Crippen LogP contribution in [0.5, 0.6) is 17.2 Å². The summed E-state index contributed by atoms with van der Waals surface area (Å²) in [5, 5.41) is 2.85. The van der Waals surface area contributed by atoms with Crippen molar-refractivity contribution < 1.29 is 27.4 Å². The molecule has 8 nitrogen and oxygen atoms in total. The van der Waals surface area contributed by atoms with Crippen molar-refractivity contribution in [1.82, 2.24) is 5.32 Å². The van der Waals surface area contributed by atoms with E-state index in [2.05, 4.69) is 5.32 Å². The van der Waals surface area contributed by atoms with Crippen LogP contribution in [-0.2, 0) is 14.8 Å². The third-order valence-electron chi connectivity index (χ3n) is 4.71. The lowest BCUT2D eigenvalue weighted by Gasteiger charge is -2.27. The van der Waals surface area contributed by atoms with Gasteiger partial charge in [-0.1, -0.05) is 19.1 Å². The maximum absolute atomic E-state index is 12.6. The Kier molecular flexibility index (Phi) is 6.71. The minimum atomic E-state index is -3.34. The minimum absolute atomic E-state index is 0.253. The molecule has 30 heavy (non-hydrogen) atoms. The number of carbonyl (C=O) groups excluding carboxylic acids is 1. The van der Waals surface area contributed by atoms with E-state index in [1.165, 1.54) is 11.4 Å². The molecule has 3 rings (SSSR count). The van der Waals surface area contributed by atoms with Gasteiger partial charge in [0.15, 0.2) is 17.6 Å². The predicted molar refractivity (Wildman–Crippen MR) is 114 cm³/mol. The first kappa shape index (κ1) is 21.8. The molecule has 0 aromatic heterocycles. The number of nitrogens with one attached hydrogen (secondary N) is 1. The second-order valence-corrected chi connectivity index (χ2v) is 9.00. The molecule has 1 aliphatic heterocycles. The van der Waals surface area contributed by atoms with Gasteiger partial charge in [0.2, 0.25) is 10.0 Å². The van der Waals surface area contributed by atoms with Gasteiger partial charge in [0.05, 0.1) is 18.5 Å². The maximum atomic E-state index is 12.6. The molecule has 2 atom stereocenters. The Morgan fingerprint density at radius 2 is 1.87 bits per heavy atom. The summed E-state index contributed by atoms with van der Waals surface area (Å²) >= 11 is 0. The van der Waals surface area contributed by atoms with Crippen LogP contribution in [0.4, 0.5) is 5.69 Å². The maximum Gasteiger partial charge on any atom is 0.261 e. The van der Waals surface area contributed by atoms with Crippen LogP contribution in [0.15, 0.2) is 48.5 Å². The summed E-state index contributed by atoms with van der Waals surface area (Å²) in [7, 11) is -1.87. The van der Waals surface area contributed by atoms with Gasteiger partial charge < -0.3 is 19.5 Å². The van der Waals surface area contributed by atoms with E-state index in [1.54, 1.807) is 24.3 Å². The number of nitrogens with zero attached hydrogens (tertiary/aromatic N) is 1.